The normalized spacial score (nSPS) is 17.7. The molecule has 0 N–H and O–H groups in total. The second-order valence-corrected chi connectivity index (χ2v) is 6.65. The monoisotopic (exact) mass is 324 g/mol. The molecule has 4 heteroatoms. The summed E-state index contributed by atoms with van der Waals surface area (Å²) in [4.78, 5) is 18.7. The lowest BCUT2D eigenvalue weighted by Crippen LogP contribution is -2.29. The second-order valence-electron chi connectivity index (χ2n) is 5.70. The minimum absolute atomic E-state index is 0.143. The van der Waals surface area contributed by atoms with Gasteiger partial charge in [-0.3, -0.25) is 14.7 Å². The molecule has 0 aliphatic carbocycles. The van der Waals surface area contributed by atoms with Crippen molar-refractivity contribution in [2.45, 2.75) is 25.9 Å². The zero-order valence-corrected chi connectivity index (χ0v) is 14.0. The summed E-state index contributed by atoms with van der Waals surface area (Å²) in [6.45, 7) is 2.70. The van der Waals surface area contributed by atoms with Crippen LogP contribution in [0.15, 0.2) is 65.7 Å². The average Bonchev–Trinajstić information content (AvgIpc) is 2.90. The zero-order chi connectivity index (χ0) is 16.1. The van der Waals surface area contributed by atoms with Crippen LogP contribution in [-0.2, 0) is 17.8 Å². The SMILES string of the molecule is C[C@H](Cc1ccccc1)N=C1SCC(=O)N1Cc1ccccc1. The topological polar surface area (TPSA) is 32.7 Å². The highest BCUT2D eigenvalue weighted by Crippen LogP contribution is 2.23. The Bertz CT molecular complexity index is 685. The van der Waals surface area contributed by atoms with Crippen LogP contribution in [0.4, 0.5) is 0 Å². The first kappa shape index (κ1) is 15.8. The van der Waals surface area contributed by atoms with Crippen LogP contribution in [0.1, 0.15) is 18.1 Å². The number of aliphatic imine (C=N–C) groups is 1. The van der Waals surface area contributed by atoms with Gasteiger partial charge in [-0.2, -0.15) is 0 Å². The van der Waals surface area contributed by atoms with E-state index in [2.05, 4.69) is 19.1 Å². The minimum Gasteiger partial charge on any atom is -0.286 e. The van der Waals surface area contributed by atoms with Crippen molar-refractivity contribution in [1.29, 1.82) is 0 Å². The first-order chi connectivity index (χ1) is 11.2. The van der Waals surface area contributed by atoms with E-state index in [-0.39, 0.29) is 11.9 Å². The number of carbonyl (C=O) groups excluding carboxylic acids is 1. The summed E-state index contributed by atoms with van der Waals surface area (Å²) in [6.07, 6.45) is 0.887. The number of hydrogen-bond donors (Lipinski definition) is 0. The Morgan fingerprint density at radius 1 is 1.04 bits per heavy atom. The Morgan fingerprint density at radius 3 is 2.30 bits per heavy atom. The average molecular weight is 324 g/mol. The molecule has 118 valence electrons. The van der Waals surface area contributed by atoms with Crippen molar-refractivity contribution in [2.75, 3.05) is 5.75 Å². The van der Waals surface area contributed by atoms with Gasteiger partial charge in [0.1, 0.15) is 0 Å². The smallest absolute Gasteiger partial charge is 0.239 e. The molecule has 1 aliphatic rings. The van der Waals surface area contributed by atoms with Gasteiger partial charge in [-0.15, -0.1) is 0 Å². The third-order valence-corrected chi connectivity index (χ3v) is 4.72. The van der Waals surface area contributed by atoms with E-state index < -0.39 is 0 Å². The van der Waals surface area contributed by atoms with Crippen molar-refractivity contribution in [3.63, 3.8) is 0 Å². The molecule has 0 bridgehead atoms. The van der Waals surface area contributed by atoms with Crippen LogP contribution in [0.2, 0.25) is 0 Å². The number of amides is 1. The quantitative estimate of drug-likeness (QED) is 0.839. The number of amidine groups is 1. The largest absolute Gasteiger partial charge is 0.286 e. The molecule has 0 aromatic heterocycles. The Morgan fingerprint density at radius 2 is 1.65 bits per heavy atom. The summed E-state index contributed by atoms with van der Waals surface area (Å²) in [6, 6.07) is 20.6. The molecule has 2 aromatic rings. The second kappa shape index (κ2) is 7.47. The molecule has 1 heterocycles. The maximum absolute atomic E-state index is 12.2. The van der Waals surface area contributed by atoms with Crippen LogP contribution in [0, 0.1) is 0 Å². The van der Waals surface area contributed by atoms with Gasteiger partial charge < -0.3 is 0 Å². The van der Waals surface area contributed by atoms with Gasteiger partial charge >= 0.3 is 0 Å². The third kappa shape index (κ3) is 4.23. The van der Waals surface area contributed by atoms with Gasteiger partial charge in [0.2, 0.25) is 5.91 Å². The fraction of sp³-hybridized carbons (Fsp3) is 0.263. The molecule has 3 nitrogen and oxygen atoms in total. The van der Waals surface area contributed by atoms with E-state index in [9.17, 15) is 4.79 Å². The Labute approximate surface area is 141 Å². The summed E-state index contributed by atoms with van der Waals surface area (Å²) in [7, 11) is 0. The minimum atomic E-state index is 0.143. The van der Waals surface area contributed by atoms with Crippen molar-refractivity contribution in [1.82, 2.24) is 4.90 Å². The molecule has 1 fully saturated rings. The molecule has 0 unspecified atom stereocenters. The first-order valence-electron chi connectivity index (χ1n) is 7.81. The maximum atomic E-state index is 12.2. The van der Waals surface area contributed by atoms with Gasteiger partial charge in [0.15, 0.2) is 5.17 Å². The van der Waals surface area contributed by atoms with E-state index in [1.807, 2.05) is 53.4 Å². The highest BCUT2D eigenvalue weighted by Gasteiger charge is 2.28. The van der Waals surface area contributed by atoms with E-state index in [0.717, 1.165) is 17.2 Å². The number of carbonyl (C=O) groups is 1. The van der Waals surface area contributed by atoms with Crippen LogP contribution >= 0.6 is 11.8 Å². The number of rotatable bonds is 5. The first-order valence-corrected chi connectivity index (χ1v) is 8.80. The predicted molar refractivity (Wildman–Crippen MR) is 96.5 cm³/mol. The Hall–Kier alpha value is -2.07. The van der Waals surface area contributed by atoms with Crippen LogP contribution in [0.25, 0.3) is 0 Å². The molecule has 0 spiro atoms. The summed E-state index contributed by atoms with van der Waals surface area (Å²) >= 11 is 1.54. The molecular formula is C19H20N2OS. The fourth-order valence-corrected chi connectivity index (χ4v) is 3.59. The molecule has 1 amide bonds. The van der Waals surface area contributed by atoms with Crippen molar-refractivity contribution >= 4 is 22.8 Å². The lowest BCUT2D eigenvalue weighted by Gasteiger charge is -2.17. The molecule has 1 aliphatic heterocycles. The van der Waals surface area contributed by atoms with E-state index in [1.54, 1.807) is 11.8 Å². The molecule has 3 rings (SSSR count). The van der Waals surface area contributed by atoms with Crippen LogP contribution < -0.4 is 0 Å². The number of hydrogen-bond acceptors (Lipinski definition) is 3. The summed E-state index contributed by atoms with van der Waals surface area (Å²) in [5, 5.41) is 0.849. The van der Waals surface area contributed by atoms with Crippen molar-refractivity contribution in [3.8, 4) is 0 Å². The third-order valence-electron chi connectivity index (χ3n) is 3.74. The predicted octanol–water partition coefficient (Wildman–Crippen LogP) is 3.75. The molecule has 2 aromatic carbocycles. The lowest BCUT2D eigenvalue weighted by atomic mass is 10.1. The fourth-order valence-electron chi connectivity index (χ4n) is 2.61. The van der Waals surface area contributed by atoms with Crippen molar-refractivity contribution < 1.29 is 4.79 Å². The highest BCUT2D eigenvalue weighted by atomic mass is 32.2. The Kier molecular flexibility index (Phi) is 5.13. The van der Waals surface area contributed by atoms with Gasteiger partial charge in [-0.1, -0.05) is 72.4 Å². The van der Waals surface area contributed by atoms with E-state index >= 15 is 0 Å². The molecule has 1 atom stereocenters. The van der Waals surface area contributed by atoms with Crippen LogP contribution in [0.3, 0.4) is 0 Å². The molecule has 23 heavy (non-hydrogen) atoms. The number of nitrogens with zero attached hydrogens (tertiary/aromatic N) is 2. The van der Waals surface area contributed by atoms with Crippen LogP contribution in [0.5, 0.6) is 0 Å². The standard InChI is InChI=1S/C19H20N2OS/c1-15(12-16-8-4-2-5-9-16)20-19-21(18(22)14-23-19)13-17-10-6-3-7-11-17/h2-11,15H,12-14H2,1H3/t15-/m1/s1. The van der Waals surface area contributed by atoms with Crippen LogP contribution in [-0.4, -0.2) is 27.8 Å². The van der Waals surface area contributed by atoms with E-state index in [1.165, 1.54) is 5.56 Å². The summed E-state index contributed by atoms with van der Waals surface area (Å²) in [5.41, 5.74) is 2.40. The highest BCUT2D eigenvalue weighted by molar-refractivity contribution is 8.15. The van der Waals surface area contributed by atoms with Gasteiger partial charge in [-0.25, -0.2) is 0 Å². The van der Waals surface area contributed by atoms with Gasteiger partial charge in [0.25, 0.3) is 0 Å². The molecule has 0 saturated carbocycles. The van der Waals surface area contributed by atoms with Crippen molar-refractivity contribution in [3.05, 3.63) is 71.8 Å². The summed E-state index contributed by atoms with van der Waals surface area (Å²) in [5.74, 6) is 0.633. The zero-order valence-electron chi connectivity index (χ0n) is 13.2. The Balaban J connectivity index is 1.70. The van der Waals surface area contributed by atoms with Gasteiger partial charge in [0, 0.05) is 0 Å². The number of thioether (sulfide) groups is 1. The van der Waals surface area contributed by atoms with E-state index in [0.29, 0.717) is 12.3 Å². The summed E-state index contributed by atoms with van der Waals surface area (Å²) < 4.78 is 0. The molecular weight excluding hydrogens is 304 g/mol. The van der Waals surface area contributed by atoms with Crippen molar-refractivity contribution in [2.24, 2.45) is 4.99 Å². The van der Waals surface area contributed by atoms with Gasteiger partial charge in [0.05, 0.1) is 18.3 Å². The number of benzene rings is 2. The van der Waals surface area contributed by atoms with Gasteiger partial charge in [-0.05, 0) is 24.5 Å². The molecule has 0 radical (unpaired) electrons. The van der Waals surface area contributed by atoms with E-state index in [4.69, 9.17) is 4.99 Å². The molecule has 1 saturated heterocycles. The maximum Gasteiger partial charge on any atom is 0.239 e. The lowest BCUT2D eigenvalue weighted by molar-refractivity contribution is -0.124.